The van der Waals surface area contributed by atoms with Gasteiger partial charge in [-0.05, 0) is 43.8 Å². The first-order chi connectivity index (χ1) is 14.0. The van der Waals surface area contributed by atoms with Crippen molar-refractivity contribution < 1.29 is 9.47 Å². The molecule has 0 aliphatic carbocycles. The average Bonchev–Trinajstić information content (AvgIpc) is 2.75. The molecule has 154 valence electrons. The maximum atomic E-state index is 6.44. The van der Waals surface area contributed by atoms with Gasteiger partial charge in [0.2, 0.25) is 0 Å². The van der Waals surface area contributed by atoms with E-state index in [-0.39, 0.29) is 6.04 Å². The van der Waals surface area contributed by atoms with Crippen molar-refractivity contribution in [2.75, 3.05) is 39.3 Å². The Morgan fingerprint density at radius 1 is 1.07 bits per heavy atom. The second-order valence-electron chi connectivity index (χ2n) is 6.47. The minimum Gasteiger partial charge on any atom is -0.493 e. The van der Waals surface area contributed by atoms with Crippen molar-refractivity contribution in [3.8, 4) is 11.5 Å². The molecule has 0 spiro atoms. The van der Waals surface area contributed by atoms with Crippen LogP contribution >= 0.6 is 23.2 Å². The molecule has 3 rings (SSSR count). The number of hydrogen-bond donors (Lipinski definition) is 1. The molecule has 0 aliphatic rings. The van der Waals surface area contributed by atoms with Crippen LogP contribution < -0.4 is 19.7 Å². The van der Waals surface area contributed by atoms with Gasteiger partial charge < -0.3 is 19.7 Å². The quantitative estimate of drug-likeness (QED) is 0.552. The molecule has 0 radical (unpaired) electrons. The van der Waals surface area contributed by atoms with Crippen molar-refractivity contribution in [2.45, 2.75) is 13.0 Å². The van der Waals surface area contributed by atoms with Gasteiger partial charge in [0.15, 0.2) is 11.5 Å². The first-order valence-corrected chi connectivity index (χ1v) is 10.0. The summed E-state index contributed by atoms with van der Waals surface area (Å²) in [5.74, 6) is 2.08. The number of nitrogens with zero attached hydrogens (tertiary/aromatic N) is 3. The second-order valence-corrected chi connectivity index (χ2v) is 7.31. The number of aromatic nitrogens is 2. The van der Waals surface area contributed by atoms with E-state index in [1.165, 1.54) is 0 Å². The van der Waals surface area contributed by atoms with Crippen molar-refractivity contribution in [3.05, 3.63) is 52.3 Å². The van der Waals surface area contributed by atoms with E-state index in [0.717, 1.165) is 28.8 Å². The van der Waals surface area contributed by atoms with Gasteiger partial charge in [0.1, 0.15) is 12.1 Å². The van der Waals surface area contributed by atoms with Crippen LogP contribution in [0.1, 0.15) is 18.5 Å². The summed E-state index contributed by atoms with van der Waals surface area (Å²) in [4.78, 5) is 11.1. The molecule has 1 aromatic heterocycles. The van der Waals surface area contributed by atoms with E-state index in [4.69, 9.17) is 32.7 Å². The number of nitrogens with one attached hydrogen (secondary N) is 1. The van der Waals surface area contributed by atoms with E-state index < -0.39 is 0 Å². The van der Waals surface area contributed by atoms with Gasteiger partial charge in [0.05, 0.1) is 25.8 Å². The summed E-state index contributed by atoms with van der Waals surface area (Å²) in [7, 11) is 5.13. The van der Waals surface area contributed by atoms with Crippen LogP contribution in [0.15, 0.2) is 36.7 Å². The summed E-state index contributed by atoms with van der Waals surface area (Å²) in [5.41, 5.74) is 1.73. The molecule has 0 fully saturated rings. The molecule has 0 saturated carbocycles. The fraction of sp³-hybridized carbons (Fsp3) is 0.333. The standard InChI is InChI=1S/C21H24Cl2N4O2/c1-5-27(11-18(24-2)14-8-13(22)6-7-16(14)23)21-15-9-19(28-3)20(29-4)10-17(15)25-12-26-21/h6-10,12,18,24H,5,11H2,1-4H3. The van der Waals surface area contributed by atoms with Crippen molar-refractivity contribution in [1.29, 1.82) is 0 Å². The van der Waals surface area contributed by atoms with E-state index in [1.54, 1.807) is 26.6 Å². The summed E-state index contributed by atoms with van der Waals surface area (Å²) in [5, 5.41) is 5.55. The summed E-state index contributed by atoms with van der Waals surface area (Å²) >= 11 is 12.6. The van der Waals surface area contributed by atoms with Crippen molar-refractivity contribution in [2.24, 2.45) is 0 Å². The molecule has 6 nitrogen and oxygen atoms in total. The van der Waals surface area contributed by atoms with E-state index >= 15 is 0 Å². The summed E-state index contributed by atoms with van der Waals surface area (Å²) < 4.78 is 10.9. The van der Waals surface area contributed by atoms with Crippen LogP contribution in [0.5, 0.6) is 11.5 Å². The molecule has 29 heavy (non-hydrogen) atoms. The van der Waals surface area contributed by atoms with Crippen molar-refractivity contribution in [1.82, 2.24) is 15.3 Å². The smallest absolute Gasteiger partial charge is 0.162 e. The zero-order chi connectivity index (χ0) is 21.0. The first-order valence-electron chi connectivity index (χ1n) is 9.26. The summed E-state index contributed by atoms with van der Waals surface area (Å²) in [6.45, 7) is 3.48. The number of methoxy groups -OCH3 is 2. The van der Waals surface area contributed by atoms with Crippen LogP contribution in [0.2, 0.25) is 10.0 Å². The molecule has 0 aliphatic heterocycles. The molecule has 0 amide bonds. The predicted molar refractivity (Wildman–Crippen MR) is 119 cm³/mol. The molecular formula is C21H24Cl2N4O2. The minimum atomic E-state index is -0.0358. The van der Waals surface area contributed by atoms with Crippen molar-refractivity contribution in [3.63, 3.8) is 0 Å². The average molecular weight is 435 g/mol. The number of anilines is 1. The highest BCUT2D eigenvalue weighted by atomic mass is 35.5. The van der Waals surface area contributed by atoms with E-state index in [0.29, 0.717) is 28.1 Å². The molecule has 2 aromatic carbocycles. The predicted octanol–water partition coefficient (Wildman–Crippen LogP) is 4.74. The van der Waals surface area contributed by atoms with Gasteiger partial charge in [-0.15, -0.1) is 0 Å². The van der Waals surface area contributed by atoms with Gasteiger partial charge in [-0.1, -0.05) is 23.2 Å². The number of hydrogen-bond acceptors (Lipinski definition) is 6. The lowest BCUT2D eigenvalue weighted by Gasteiger charge is -2.29. The number of fused-ring (bicyclic) bond motifs is 1. The van der Waals surface area contributed by atoms with Crippen LogP contribution in [-0.4, -0.2) is 44.3 Å². The van der Waals surface area contributed by atoms with Crippen LogP contribution in [0, 0.1) is 0 Å². The number of ether oxygens (including phenoxy) is 2. The minimum absolute atomic E-state index is 0.0358. The van der Waals surface area contributed by atoms with Gasteiger partial charge in [0.25, 0.3) is 0 Å². The molecule has 1 atom stereocenters. The molecule has 1 unspecified atom stereocenters. The number of halogens is 2. The van der Waals surface area contributed by atoms with Gasteiger partial charge in [-0.25, -0.2) is 9.97 Å². The summed E-state index contributed by atoms with van der Waals surface area (Å²) in [6.07, 6.45) is 1.56. The third-order valence-electron chi connectivity index (χ3n) is 4.89. The lowest BCUT2D eigenvalue weighted by molar-refractivity contribution is 0.356. The number of rotatable bonds is 8. The van der Waals surface area contributed by atoms with E-state index in [9.17, 15) is 0 Å². The van der Waals surface area contributed by atoms with Crippen LogP contribution in [0.4, 0.5) is 5.82 Å². The molecular weight excluding hydrogens is 411 g/mol. The Labute approximate surface area is 180 Å². The highest BCUT2D eigenvalue weighted by Crippen LogP contribution is 2.35. The highest BCUT2D eigenvalue weighted by Gasteiger charge is 2.20. The maximum absolute atomic E-state index is 6.44. The highest BCUT2D eigenvalue weighted by molar-refractivity contribution is 6.33. The van der Waals surface area contributed by atoms with E-state index in [1.807, 2.05) is 31.3 Å². The molecule has 1 N–H and O–H groups in total. The third-order valence-corrected chi connectivity index (χ3v) is 5.47. The Kier molecular flexibility index (Phi) is 7.00. The Hall–Kier alpha value is -2.28. The fourth-order valence-corrected chi connectivity index (χ4v) is 3.76. The number of benzene rings is 2. The first kappa shape index (κ1) is 21.4. The Bertz CT molecular complexity index is 1000. The zero-order valence-corrected chi connectivity index (χ0v) is 18.4. The van der Waals surface area contributed by atoms with Gasteiger partial charge in [-0.3, -0.25) is 0 Å². The van der Waals surface area contributed by atoms with Gasteiger partial charge in [0, 0.05) is 34.6 Å². The van der Waals surface area contributed by atoms with Crippen LogP contribution in [0.3, 0.4) is 0 Å². The molecule has 0 bridgehead atoms. The van der Waals surface area contributed by atoms with Crippen LogP contribution in [-0.2, 0) is 0 Å². The Morgan fingerprint density at radius 3 is 2.45 bits per heavy atom. The monoisotopic (exact) mass is 434 g/mol. The lowest BCUT2D eigenvalue weighted by Crippen LogP contribution is -2.34. The third kappa shape index (κ3) is 4.50. The number of likely N-dealkylation sites (N-methyl/N-ethyl adjacent to an activating group) is 2. The topological polar surface area (TPSA) is 59.5 Å². The normalized spacial score (nSPS) is 12.1. The molecule has 1 heterocycles. The van der Waals surface area contributed by atoms with Crippen LogP contribution in [0.25, 0.3) is 10.9 Å². The van der Waals surface area contributed by atoms with Gasteiger partial charge in [-0.2, -0.15) is 0 Å². The van der Waals surface area contributed by atoms with Crippen molar-refractivity contribution >= 4 is 39.9 Å². The Balaban J connectivity index is 2.03. The molecule has 3 aromatic rings. The van der Waals surface area contributed by atoms with Gasteiger partial charge >= 0.3 is 0 Å². The Morgan fingerprint density at radius 2 is 1.79 bits per heavy atom. The SMILES string of the molecule is CCN(CC(NC)c1cc(Cl)ccc1Cl)c1ncnc2cc(OC)c(OC)cc12. The molecule has 0 saturated heterocycles. The fourth-order valence-electron chi connectivity index (χ4n) is 3.33. The van der Waals surface area contributed by atoms with E-state index in [2.05, 4.69) is 27.1 Å². The largest absolute Gasteiger partial charge is 0.493 e. The summed E-state index contributed by atoms with van der Waals surface area (Å²) in [6, 6.07) is 9.23. The molecule has 8 heteroatoms. The maximum Gasteiger partial charge on any atom is 0.162 e. The lowest BCUT2D eigenvalue weighted by atomic mass is 10.1. The second kappa shape index (κ2) is 9.48. The zero-order valence-electron chi connectivity index (χ0n) is 16.9.